The van der Waals surface area contributed by atoms with E-state index in [0.717, 1.165) is 22.5 Å². The summed E-state index contributed by atoms with van der Waals surface area (Å²) in [7, 11) is 1.65. The van der Waals surface area contributed by atoms with Crippen molar-refractivity contribution in [3.63, 3.8) is 0 Å². The molecule has 0 spiro atoms. The highest BCUT2D eigenvalue weighted by molar-refractivity contribution is 5.72. The smallest absolute Gasteiger partial charge is 0.214 e. The van der Waals surface area contributed by atoms with E-state index in [2.05, 4.69) is 10.3 Å². The van der Waals surface area contributed by atoms with Gasteiger partial charge in [-0.3, -0.25) is 0 Å². The monoisotopic (exact) mass is 254 g/mol. The fourth-order valence-electron chi connectivity index (χ4n) is 1.91. The number of fused-ring (bicyclic) bond motifs is 1. The molecule has 0 aliphatic rings. The Morgan fingerprint density at radius 3 is 2.89 bits per heavy atom. The molecule has 4 heteroatoms. The number of nitrogens with zero attached hydrogens (tertiary/aromatic N) is 1. The molecule has 0 unspecified atom stereocenters. The van der Waals surface area contributed by atoms with Crippen LogP contribution in [-0.2, 0) is 6.54 Å². The maximum atomic E-state index is 5.64. The zero-order valence-electron chi connectivity index (χ0n) is 10.6. The number of hydrogen-bond acceptors (Lipinski definition) is 4. The summed E-state index contributed by atoms with van der Waals surface area (Å²) in [4.78, 5) is 4.41. The van der Waals surface area contributed by atoms with Gasteiger partial charge in [-0.15, -0.1) is 0 Å². The van der Waals surface area contributed by atoms with Gasteiger partial charge in [0.05, 0.1) is 13.7 Å². The SMILES string of the molecule is COc1cccc(NCc2nc3ccccc3o2)c1. The van der Waals surface area contributed by atoms with E-state index in [1.807, 2.05) is 48.5 Å². The predicted octanol–water partition coefficient (Wildman–Crippen LogP) is 3.45. The van der Waals surface area contributed by atoms with E-state index >= 15 is 0 Å². The lowest BCUT2D eigenvalue weighted by atomic mass is 10.3. The van der Waals surface area contributed by atoms with Gasteiger partial charge in [-0.05, 0) is 24.3 Å². The highest BCUT2D eigenvalue weighted by Gasteiger charge is 2.04. The average molecular weight is 254 g/mol. The van der Waals surface area contributed by atoms with E-state index in [9.17, 15) is 0 Å². The summed E-state index contributed by atoms with van der Waals surface area (Å²) >= 11 is 0. The molecule has 0 amide bonds. The minimum atomic E-state index is 0.543. The number of methoxy groups -OCH3 is 1. The van der Waals surface area contributed by atoms with Gasteiger partial charge in [0.1, 0.15) is 11.3 Å². The second-order valence-electron chi connectivity index (χ2n) is 4.16. The van der Waals surface area contributed by atoms with Crippen molar-refractivity contribution in [2.75, 3.05) is 12.4 Å². The second-order valence-corrected chi connectivity index (χ2v) is 4.16. The molecule has 19 heavy (non-hydrogen) atoms. The highest BCUT2D eigenvalue weighted by Crippen LogP contribution is 2.19. The molecule has 0 radical (unpaired) electrons. The molecule has 1 N–H and O–H groups in total. The lowest BCUT2D eigenvalue weighted by Crippen LogP contribution is -1.99. The summed E-state index contributed by atoms with van der Waals surface area (Å²) in [6, 6.07) is 15.5. The Kier molecular flexibility index (Phi) is 3.06. The molecule has 0 bridgehead atoms. The summed E-state index contributed by atoms with van der Waals surface area (Å²) < 4.78 is 10.8. The number of para-hydroxylation sites is 2. The van der Waals surface area contributed by atoms with Crippen molar-refractivity contribution in [1.82, 2.24) is 4.98 Å². The lowest BCUT2D eigenvalue weighted by molar-refractivity contribution is 0.415. The van der Waals surface area contributed by atoms with E-state index < -0.39 is 0 Å². The molecule has 3 aromatic rings. The van der Waals surface area contributed by atoms with Crippen LogP contribution in [0.1, 0.15) is 5.89 Å². The number of nitrogens with one attached hydrogen (secondary N) is 1. The van der Waals surface area contributed by atoms with E-state index in [0.29, 0.717) is 12.4 Å². The minimum absolute atomic E-state index is 0.543. The maximum Gasteiger partial charge on any atom is 0.214 e. The van der Waals surface area contributed by atoms with Gasteiger partial charge in [0.15, 0.2) is 5.58 Å². The van der Waals surface area contributed by atoms with Crippen LogP contribution in [0.4, 0.5) is 5.69 Å². The largest absolute Gasteiger partial charge is 0.497 e. The molecular formula is C15H14N2O2. The molecule has 1 heterocycles. The van der Waals surface area contributed by atoms with Crippen molar-refractivity contribution in [1.29, 1.82) is 0 Å². The van der Waals surface area contributed by atoms with Crippen molar-refractivity contribution in [2.24, 2.45) is 0 Å². The molecule has 0 atom stereocenters. The van der Waals surface area contributed by atoms with Crippen LogP contribution in [-0.4, -0.2) is 12.1 Å². The quantitative estimate of drug-likeness (QED) is 0.774. The number of hydrogen-bond donors (Lipinski definition) is 1. The maximum absolute atomic E-state index is 5.64. The van der Waals surface area contributed by atoms with Gasteiger partial charge in [-0.1, -0.05) is 18.2 Å². The van der Waals surface area contributed by atoms with Gasteiger partial charge >= 0.3 is 0 Å². The Balaban J connectivity index is 1.74. The van der Waals surface area contributed by atoms with E-state index in [-0.39, 0.29) is 0 Å². The van der Waals surface area contributed by atoms with Crippen LogP contribution in [0.3, 0.4) is 0 Å². The molecule has 0 saturated heterocycles. The Morgan fingerprint density at radius 2 is 2.05 bits per heavy atom. The third kappa shape index (κ3) is 2.52. The fourth-order valence-corrected chi connectivity index (χ4v) is 1.91. The summed E-state index contributed by atoms with van der Waals surface area (Å²) in [5.74, 6) is 1.49. The van der Waals surface area contributed by atoms with Crippen LogP contribution in [0.25, 0.3) is 11.1 Å². The first-order chi connectivity index (χ1) is 9.35. The van der Waals surface area contributed by atoms with Crippen molar-refractivity contribution < 1.29 is 9.15 Å². The van der Waals surface area contributed by atoms with Gasteiger partial charge < -0.3 is 14.5 Å². The lowest BCUT2D eigenvalue weighted by Gasteiger charge is -2.05. The van der Waals surface area contributed by atoms with Crippen LogP contribution in [0.5, 0.6) is 5.75 Å². The van der Waals surface area contributed by atoms with Crippen LogP contribution in [0.2, 0.25) is 0 Å². The number of anilines is 1. The molecule has 1 aromatic heterocycles. The second kappa shape index (κ2) is 5.02. The highest BCUT2D eigenvalue weighted by atomic mass is 16.5. The molecule has 0 fully saturated rings. The van der Waals surface area contributed by atoms with Gasteiger partial charge in [-0.2, -0.15) is 0 Å². The van der Waals surface area contributed by atoms with Gasteiger partial charge in [-0.25, -0.2) is 4.98 Å². The standard InChI is InChI=1S/C15H14N2O2/c1-18-12-6-4-5-11(9-12)16-10-15-17-13-7-2-3-8-14(13)19-15/h2-9,16H,10H2,1H3. The van der Waals surface area contributed by atoms with Crippen LogP contribution in [0.15, 0.2) is 52.9 Å². The Hall–Kier alpha value is -2.49. The summed E-state index contributed by atoms with van der Waals surface area (Å²) in [5, 5.41) is 3.26. The number of ether oxygens (including phenoxy) is 1. The molecule has 3 rings (SSSR count). The zero-order valence-corrected chi connectivity index (χ0v) is 10.6. The van der Waals surface area contributed by atoms with Gasteiger partial charge in [0.2, 0.25) is 5.89 Å². The van der Waals surface area contributed by atoms with Crippen molar-refractivity contribution in [3.8, 4) is 5.75 Å². The summed E-state index contributed by atoms with van der Waals surface area (Å²) in [6.07, 6.45) is 0. The number of aromatic nitrogens is 1. The first-order valence-electron chi connectivity index (χ1n) is 6.07. The van der Waals surface area contributed by atoms with Crippen LogP contribution >= 0.6 is 0 Å². The predicted molar refractivity (Wildman–Crippen MR) is 74.3 cm³/mol. The fraction of sp³-hybridized carbons (Fsp3) is 0.133. The average Bonchev–Trinajstić information content (AvgIpc) is 2.88. The number of rotatable bonds is 4. The summed E-state index contributed by atoms with van der Waals surface area (Å²) in [6.45, 7) is 0.543. The summed E-state index contributed by atoms with van der Waals surface area (Å²) in [5.41, 5.74) is 2.66. The van der Waals surface area contributed by atoms with Crippen LogP contribution < -0.4 is 10.1 Å². The third-order valence-corrected chi connectivity index (χ3v) is 2.85. The minimum Gasteiger partial charge on any atom is -0.497 e. The van der Waals surface area contributed by atoms with Crippen molar-refractivity contribution in [2.45, 2.75) is 6.54 Å². The molecule has 0 aliphatic carbocycles. The molecule has 0 aliphatic heterocycles. The van der Waals surface area contributed by atoms with E-state index in [4.69, 9.17) is 9.15 Å². The first kappa shape index (κ1) is 11.6. The molecular weight excluding hydrogens is 240 g/mol. The van der Waals surface area contributed by atoms with Gasteiger partial charge in [0, 0.05) is 11.8 Å². The van der Waals surface area contributed by atoms with Gasteiger partial charge in [0.25, 0.3) is 0 Å². The molecule has 96 valence electrons. The molecule has 4 nitrogen and oxygen atoms in total. The molecule has 0 saturated carbocycles. The third-order valence-electron chi connectivity index (χ3n) is 2.85. The Labute approximate surface area is 111 Å². The molecule has 2 aromatic carbocycles. The first-order valence-corrected chi connectivity index (χ1v) is 6.07. The van der Waals surface area contributed by atoms with Crippen LogP contribution in [0, 0.1) is 0 Å². The Morgan fingerprint density at radius 1 is 1.16 bits per heavy atom. The van der Waals surface area contributed by atoms with Crippen molar-refractivity contribution in [3.05, 3.63) is 54.4 Å². The van der Waals surface area contributed by atoms with E-state index in [1.165, 1.54) is 0 Å². The van der Waals surface area contributed by atoms with Crippen molar-refractivity contribution >= 4 is 16.8 Å². The number of oxazole rings is 1. The zero-order chi connectivity index (χ0) is 13.1. The topological polar surface area (TPSA) is 47.3 Å². The Bertz CT molecular complexity index is 658. The number of benzene rings is 2. The normalized spacial score (nSPS) is 10.6. The van der Waals surface area contributed by atoms with E-state index in [1.54, 1.807) is 7.11 Å².